The Hall–Kier alpha value is -2.75. The lowest BCUT2D eigenvalue weighted by molar-refractivity contribution is 0.0695. The second-order valence-corrected chi connectivity index (χ2v) is 6.54. The maximum Gasteiger partial charge on any atom is 0.336 e. The van der Waals surface area contributed by atoms with E-state index in [9.17, 15) is 9.90 Å². The highest BCUT2D eigenvalue weighted by atomic mass is 16.5. The number of rotatable bonds is 4. The number of fused-ring (bicyclic) bond motifs is 3. The van der Waals surface area contributed by atoms with E-state index in [0.717, 1.165) is 29.7 Å². The van der Waals surface area contributed by atoms with Crippen LogP contribution in [0.3, 0.4) is 0 Å². The van der Waals surface area contributed by atoms with E-state index in [1.54, 1.807) is 19.2 Å². The molecule has 0 bridgehead atoms. The molecular formula is C21H21NO3. The summed E-state index contributed by atoms with van der Waals surface area (Å²) in [6, 6.07) is 13.4. The Balaban J connectivity index is 1.94. The molecule has 1 aliphatic rings. The Morgan fingerprint density at radius 3 is 2.72 bits per heavy atom. The molecule has 0 saturated carbocycles. The second kappa shape index (κ2) is 6.28. The van der Waals surface area contributed by atoms with Crippen LogP contribution in [0.15, 0.2) is 42.5 Å². The van der Waals surface area contributed by atoms with E-state index in [-0.39, 0.29) is 0 Å². The van der Waals surface area contributed by atoms with Gasteiger partial charge in [-0.25, -0.2) is 4.79 Å². The Morgan fingerprint density at radius 2 is 1.92 bits per heavy atom. The van der Waals surface area contributed by atoms with Crippen molar-refractivity contribution in [3.63, 3.8) is 0 Å². The number of carboxylic acid groups (broad SMARTS) is 1. The zero-order chi connectivity index (χ0) is 17.4. The van der Waals surface area contributed by atoms with Crippen molar-refractivity contribution in [3.05, 3.63) is 64.8 Å². The summed E-state index contributed by atoms with van der Waals surface area (Å²) in [4.78, 5) is 11.6. The van der Waals surface area contributed by atoms with Crippen molar-refractivity contribution in [2.75, 3.05) is 7.11 Å². The molecule has 0 spiro atoms. The van der Waals surface area contributed by atoms with Gasteiger partial charge in [-0.15, -0.1) is 0 Å². The summed E-state index contributed by atoms with van der Waals surface area (Å²) in [7, 11) is 1.69. The summed E-state index contributed by atoms with van der Waals surface area (Å²) in [6.45, 7) is 0.550. The summed E-state index contributed by atoms with van der Waals surface area (Å²) in [5, 5.41) is 10.8. The van der Waals surface area contributed by atoms with Gasteiger partial charge in [-0.1, -0.05) is 30.3 Å². The molecule has 128 valence electrons. The van der Waals surface area contributed by atoms with Crippen molar-refractivity contribution in [2.45, 2.75) is 32.2 Å². The van der Waals surface area contributed by atoms with Crippen molar-refractivity contribution in [1.29, 1.82) is 0 Å². The highest BCUT2D eigenvalue weighted by Gasteiger charge is 2.23. The molecule has 3 aromatic rings. The molecule has 0 fully saturated rings. The fraction of sp³-hybridized carbons (Fsp3) is 0.286. The number of methoxy groups -OCH3 is 1. The van der Waals surface area contributed by atoms with E-state index < -0.39 is 5.97 Å². The van der Waals surface area contributed by atoms with Crippen LogP contribution in [0, 0.1) is 0 Å². The summed E-state index contributed by atoms with van der Waals surface area (Å²) in [5.74, 6) is -0.0346. The van der Waals surface area contributed by atoms with Crippen LogP contribution < -0.4 is 4.74 Å². The molecule has 4 nitrogen and oxygen atoms in total. The highest BCUT2D eigenvalue weighted by molar-refractivity contribution is 5.92. The van der Waals surface area contributed by atoms with Crippen LogP contribution >= 0.6 is 0 Å². The van der Waals surface area contributed by atoms with Crippen LogP contribution in [0.2, 0.25) is 0 Å². The maximum absolute atomic E-state index is 11.6. The van der Waals surface area contributed by atoms with Gasteiger partial charge in [0.2, 0.25) is 0 Å². The molecule has 0 amide bonds. The van der Waals surface area contributed by atoms with Crippen molar-refractivity contribution in [1.82, 2.24) is 4.57 Å². The highest BCUT2D eigenvalue weighted by Crippen LogP contribution is 2.37. The van der Waals surface area contributed by atoms with Gasteiger partial charge in [0.1, 0.15) is 5.75 Å². The number of ether oxygens (including phenoxy) is 1. The van der Waals surface area contributed by atoms with Crippen LogP contribution in [0.25, 0.3) is 10.9 Å². The van der Waals surface area contributed by atoms with E-state index in [1.807, 2.05) is 24.3 Å². The van der Waals surface area contributed by atoms with Gasteiger partial charge in [-0.3, -0.25) is 0 Å². The first-order valence-corrected chi connectivity index (χ1v) is 8.69. The van der Waals surface area contributed by atoms with Crippen molar-refractivity contribution >= 4 is 16.9 Å². The number of para-hydroxylation sites is 1. The Labute approximate surface area is 146 Å². The number of hydrogen-bond donors (Lipinski definition) is 1. The van der Waals surface area contributed by atoms with Crippen LogP contribution in [0.4, 0.5) is 0 Å². The quantitative estimate of drug-likeness (QED) is 0.774. The maximum atomic E-state index is 11.6. The van der Waals surface area contributed by atoms with Crippen molar-refractivity contribution in [3.8, 4) is 5.75 Å². The number of carbonyl (C=O) groups is 1. The standard InChI is InChI=1S/C21H21NO3/c1-25-19-12-6-10-17-16-9-4-5-11-18(16)22(20(17)19)13-14-7-2-3-8-15(14)21(23)24/h2-3,6-8,10,12H,4-5,9,11,13H2,1H3,(H,23,24). The number of nitrogens with zero attached hydrogens (tertiary/aromatic N) is 1. The van der Waals surface area contributed by atoms with Crippen molar-refractivity contribution < 1.29 is 14.6 Å². The molecule has 0 radical (unpaired) electrons. The molecule has 1 aliphatic carbocycles. The lowest BCUT2D eigenvalue weighted by atomic mass is 9.95. The van der Waals surface area contributed by atoms with E-state index in [4.69, 9.17) is 4.74 Å². The monoisotopic (exact) mass is 335 g/mol. The predicted octanol–water partition coefficient (Wildman–Crippen LogP) is 4.28. The minimum atomic E-state index is -0.882. The second-order valence-electron chi connectivity index (χ2n) is 6.54. The third-order valence-electron chi connectivity index (χ3n) is 5.15. The van der Waals surface area contributed by atoms with Gasteiger partial charge >= 0.3 is 5.97 Å². The normalized spacial score (nSPS) is 13.6. The zero-order valence-electron chi connectivity index (χ0n) is 14.3. The minimum absolute atomic E-state index is 0.365. The zero-order valence-corrected chi connectivity index (χ0v) is 14.3. The molecule has 2 aromatic carbocycles. The van der Waals surface area contributed by atoms with Gasteiger partial charge in [0.05, 0.1) is 18.2 Å². The van der Waals surface area contributed by atoms with Crippen LogP contribution in [0.5, 0.6) is 5.75 Å². The molecular weight excluding hydrogens is 314 g/mol. The SMILES string of the molecule is COc1cccc2c3c(n(Cc4ccccc4C(=O)O)c12)CCCC3. The average molecular weight is 335 g/mol. The van der Waals surface area contributed by atoms with Crippen LogP contribution in [-0.4, -0.2) is 22.8 Å². The van der Waals surface area contributed by atoms with E-state index in [2.05, 4.69) is 10.6 Å². The molecule has 1 aromatic heterocycles. The lowest BCUT2D eigenvalue weighted by Crippen LogP contribution is -2.12. The van der Waals surface area contributed by atoms with Crippen LogP contribution in [-0.2, 0) is 19.4 Å². The van der Waals surface area contributed by atoms with Gasteiger partial charge in [-0.2, -0.15) is 0 Å². The van der Waals surface area contributed by atoms with E-state index in [0.29, 0.717) is 12.1 Å². The topological polar surface area (TPSA) is 51.5 Å². The first kappa shape index (κ1) is 15.8. The van der Waals surface area contributed by atoms with Gasteiger partial charge in [0.25, 0.3) is 0 Å². The molecule has 0 unspecified atom stereocenters. The summed E-state index contributed by atoms with van der Waals surface area (Å²) in [6.07, 6.45) is 4.48. The summed E-state index contributed by atoms with van der Waals surface area (Å²) >= 11 is 0. The summed E-state index contributed by atoms with van der Waals surface area (Å²) in [5.41, 5.74) is 4.99. The molecule has 4 rings (SSSR count). The number of aromatic carboxylic acids is 1. The lowest BCUT2D eigenvalue weighted by Gasteiger charge is -2.17. The third-order valence-corrected chi connectivity index (χ3v) is 5.15. The van der Waals surface area contributed by atoms with Gasteiger partial charge in [0, 0.05) is 17.6 Å². The summed E-state index contributed by atoms with van der Waals surface area (Å²) < 4.78 is 7.89. The Bertz CT molecular complexity index is 955. The van der Waals surface area contributed by atoms with Crippen LogP contribution in [0.1, 0.15) is 40.0 Å². The number of aromatic nitrogens is 1. The Kier molecular flexibility index (Phi) is 3.96. The molecule has 4 heteroatoms. The number of carboxylic acids is 1. The van der Waals surface area contributed by atoms with Gasteiger partial charge in [-0.05, 0) is 48.9 Å². The molecule has 0 atom stereocenters. The number of aryl methyl sites for hydroxylation is 1. The Morgan fingerprint density at radius 1 is 1.12 bits per heavy atom. The van der Waals surface area contributed by atoms with E-state index in [1.165, 1.54) is 29.5 Å². The first-order chi connectivity index (χ1) is 12.2. The van der Waals surface area contributed by atoms with Gasteiger partial charge < -0.3 is 14.4 Å². The third kappa shape index (κ3) is 2.58. The largest absolute Gasteiger partial charge is 0.495 e. The number of hydrogen-bond acceptors (Lipinski definition) is 2. The minimum Gasteiger partial charge on any atom is -0.495 e. The average Bonchev–Trinajstić information content (AvgIpc) is 2.96. The smallest absolute Gasteiger partial charge is 0.336 e. The van der Waals surface area contributed by atoms with Crippen molar-refractivity contribution in [2.24, 2.45) is 0 Å². The molecule has 0 aliphatic heterocycles. The number of benzene rings is 2. The fourth-order valence-corrected chi connectivity index (χ4v) is 4.03. The molecule has 1 N–H and O–H groups in total. The molecule has 25 heavy (non-hydrogen) atoms. The molecule has 0 saturated heterocycles. The predicted molar refractivity (Wildman–Crippen MR) is 97.6 cm³/mol. The fourth-order valence-electron chi connectivity index (χ4n) is 4.03. The molecule has 1 heterocycles. The first-order valence-electron chi connectivity index (χ1n) is 8.69. The van der Waals surface area contributed by atoms with Gasteiger partial charge in [0.15, 0.2) is 0 Å². The van der Waals surface area contributed by atoms with E-state index >= 15 is 0 Å².